The maximum Gasteiger partial charge on any atom is 0.217 e. The van der Waals surface area contributed by atoms with E-state index in [-0.39, 0.29) is 0 Å². The maximum absolute atomic E-state index is 11.2. The molecule has 0 saturated heterocycles. The molecular weight excluding hydrogens is 212 g/mol. The van der Waals surface area contributed by atoms with Crippen molar-refractivity contribution in [2.24, 2.45) is 5.14 Å². The molecule has 3 N–H and O–H groups in total. The van der Waals surface area contributed by atoms with Gasteiger partial charge < -0.3 is 4.98 Å². The van der Waals surface area contributed by atoms with Crippen LogP contribution in [0.5, 0.6) is 0 Å². The number of para-hydroxylation sites is 1. The van der Waals surface area contributed by atoms with Crippen molar-refractivity contribution >= 4 is 20.9 Å². The third-order valence-electron chi connectivity index (χ3n) is 2.48. The SMILES string of the molecule is CC(c1cc2ccccc2[nH]1)S(N)(=O)=O. The lowest BCUT2D eigenvalue weighted by Gasteiger charge is -2.05. The second-order valence-electron chi connectivity index (χ2n) is 3.54. The lowest BCUT2D eigenvalue weighted by molar-refractivity contribution is 0.587. The van der Waals surface area contributed by atoms with Gasteiger partial charge in [0, 0.05) is 11.2 Å². The number of hydrogen-bond acceptors (Lipinski definition) is 2. The highest BCUT2D eigenvalue weighted by Gasteiger charge is 2.19. The van der Waals surface area contributed by atoms with Crippen LogP contribution in [0.25, 0.3) is 10.9 Å². The topological polar surface area (TPSA) is 76.0 Å². The summed E-state index contributed by atoms with van der Waals surface area (Å²) >= 11 is 0. The molecule has 0 aliphatic rings. The molecule has 1 heterocycles. The molecule has 2 aromatic rings. The molecule has 0 bridgehead atoms. The molecule has 0 fully saturated rings. The van der Waals surface area contributed by atoms with E-state index < -0.39 is 15.3 Å². The standard InChI is InChI=1S/C10H12N2O2S/c1-7(15(11,13)14)10-6-8-4-2-3-5-9(8)12-10/h2-7,12H,1H3,(H2,11,13,14). The van der Waals surface area contributed by atoms with Gasteiger partial charge in [0.2, 0.25) is 10.0 Å². The Bertz CT molecular complexity index is 553. The Hall–Kier alpha value is -1.33. The van der Waals surface area contributed by atoms with Crippen molar-refractivity contribution in [3.63, 3.8) is 0 Å². The minimum absolute atomic E-state index is 0.624. The second kappa shape index (κ2) is 3.36. The van der Waals surface area contributed by atoms with Gasteiger partial charge in [-0.05, 0) is 24.4 Å². The van der Waals surface area contributed by atoms with Gasteiger partial charge in [-0.2, -0.15) is 0 Å². The third-order valence-corrected chi connectivity index (χ3v) is 3.72. The van der Waals surface area contributed by atoms with E-state index in [4.69, 9.17) is 5.14 Å². The smallest absolute Gasteiger partial charge is 0.217 e. The largest absolute Gasteiger partial charge is 0.357 e. The summed E-state index contributed by atoms with van der Waals surface area (Å²) in [6.45, 7) is 1.57. The Morgan fingerprint density at radius 2 is 2.00 bits per heavy atom. The molecule has 80 valence electrons. The van der Waals surface area contributed by atoms with Gasteiger partial charge in [-0.15, -0.1) is 0 Å². The monoisotopic (exact) mass is 224 g/mol. The normalized spacial score (nSPS) is 14.3. The van der Waals surface area contributed by atoms with Crippen LogP contribution in [0, 0.1) is 0 Å². The molecule has 1 atom stereocenters. The molecule has 2 rings (SSSR count). The molecule has 1 unspecified atom stereocenters. The van der Waals surface area contributed by atoms with E-state index in [1.165, 1.54) is 0 Å². The molecule has 1 aromatic carbocycles. The molecular formula is C10H12N2O2S. The highest BCUT2D eigenvalue weighted by Crippen LogP contribution is 2.23. The minimum atomic E-state index is -3.53. The number of hydrogen-bond donors (Lipinski definition) is 2. The first-order chi connectivity index (χ1) is 6.98. The van der Waals surface area contributed by atoms with Crippen LogP contribution in [-0.4, -0.2) is 13.4 Å². The van der Waals surface area contributed by atoms with Gasteiger partial charge in [-0.3, -0.25) is 0 Å². The number of aromatic nitrogens is 1. The van der Waals surface area contributed by atoms with Gasteiger partial charge in [0.25, 0.3) is 0 Å². The number of sulfonamides is 1. The number of aromatic amines is 1. The summed E-state index contributed by atoms with van der Waals surface area (Å²) < 4.78 is 22.3. The molecule has 0 spiro atoms. The third kappa shape index (κ3) is 1.88. The maximum atomic E-state index is 11.2. The van der Waals surface area contributed by atoms with Crippen molar-refractivity contribution in [2.45, 2.75) is 12.2 Å². The number of rotatable bonds is 2. The zero-order chi connectivity index (χ0) is 11.1. The van der Waals surface area contributed by atoms with Crippen LogP contribution in [0.15, 0.2) is 30.3 Å². The number of fused-ring (bicyclic) bond motifs is 1. The van der Waals surface area contributed by atoms with E-state index in [9.17, 15) is 8.42 Å². The first-order valence-corrected chi connectivity index (χ1v) is 6.18. The molecule has 4 nitrogen and oxygen atoms in total. The summed E-state index contributed by atoms with van der Waals surface area (Å²) in [7, 11) is -3.53. The van der Waals surface area contributed by atoms with Crippen molar-refractivity contribution in [2.75, 3.05) is 0 Å². The van der Waals surface area contributed by atoms with Gasteiger partial charge >= 0.3 is 0 Å². The number of nitrogens with one attached hydrogen (secondary N) is 1. The fourth-order valence-electron chi connectivity index (χ4n) is 1.49. The van der Waals surface area contributed by atoms with Crippen molar-refractivity contribution in [1.29, 1.82) is 0 Å². The van der Waals surface area contributed by atoms with Gasteiger partial charge in [-0.25, -0.2) is 13.6 Å². The van der Waals surface area contributed by atoms with Crippen LogP contribution in [0.1, 0.15) is 17.9 Å². The first kappa shape index (κ1) is 10.2. The fourth-order valence-corrected chi connectivity index (χ4v) is 1.97. The van der Waals surface area contributed by atoms with Crippen LogP contribution in [0.2, 0.25) is 0 Å². The molecule has 0 aliphatic heterocycles. The summed E-state index contributed by atoms with van der Waals surface area (Å²) in [6.07, 6.45) is 0. The molecule has 5 heteroatoms. The van der Waals surface area contributed by atoms with Gasteiger partial charge in [0.15, 0.2) is 0 Å². The Morgan fingerprint density at radius 1 is 1.33 bits per heavy atom. The molecule has 0 radical (unpaired) electrons. The van der Waals surface area contributed by atoms with Crippen LogP contribution in [0.4, 0.5) is 0 Å². The van der Waals surface area contributed by atoms with Crippen LogP contribution in [0.3, 0.4) is 0 Å². The van der Waals surface area contributed by atoms with Gasteiger partial charge in [-0.1, -0.05) is 18.2 Å². The molecule has 0 amide bonds. The first-order valence-electron chi connectivity index (χ1n) is 4.58. The average molecular weight is 224 g/mol. The highest BCUT2D eigenvalue weighted by atomic mass is 32.2. The van der Waals surface area contributed by atoms with Crippen molar-refractivity contribution < 1.29 is 8.42 Å². The van der Waals surface area contributed by atoms with E-state index in [0.29, 0.717) is 5.69 Å². The zero-order valence-corrected chi connectivity index (χ0v) is 9.08. The summed E-state index contributed by atoms with van der Waals surface area (Å²) in [6, 6.07) is 9.43. The van der Waals surface area contributed by atoms with E-state index >= 15 is 0 Å². The number of benzene rings is 1. The summed E-state index contributed by atoms with van der Waals surface area (Å²) in [5.41, 5.74) is 1.54. The predicted octanol–water partition coefficient (Wildman–Crippen LogP) is 1.52. The highest BCUT2D eigenvalue weighted by molar-refractivity contribution is 7.89. The van der Waals surface area contributed by atoms with E-state index in [1.54, 1.807) is 6.92 Å². The summed E-state index contributed by atoms with van der Waals surface area (Å²) in [5.74, 6) is 0. The van der Waals surface area contributed by atoms with Crippen molar-refractivity contribution in [3.05, 3.63) is 36.0 Å². The molecule has 1 aromatic heterocycles. The van der Waals surface area contributed by atoms with Crippen LogP contribution < -0.4 is 5.14 Å². The number of nitrogens with two attached hydrogens (primary N) is 1. The minimum Gasteiger partial charge on any atom is -0.357 e. The Labute approximate surface area is 88.2 Å². The van der Waals surface area contributed by atoms with Crippen molar-refractivity contribution in [1.82, 2.24) is 4.98 Å². The Morgan fingerprint density at radius 3 is 2.60 bits per heavy atom. The number of primary sulfonamides is 1. The lowest BCUT2D eigenvalue weighted by Crippen LogP contribution is -2.19. The number of H-pyrrole nitrogens is 1. The van der Waals surface area contributed by atoms with Crippen LogP contribution in [-0.2, 0) is 10.0 Å². The average Bonchev–Trinajstić information content (AvgIpc) is 2.58. The van der Waals surface area contributed by atoms with Crippen LogP contribution >= 0.6 is 0 Å². The van der Waals surface area contributed by atoms with Gasteiger partial charge in [0.1, 0.15) is 5.25 Å². The fraction of sp³-hybridized carbons (Fsp3) is 0.200. The molecule has 15 heavy (non-hydrogen) atoms. The van der Waals surface area contributed by atoms with Gasteiger partial charge in [0.05, 0.1) is 0 Å². The summed E-state index contributed by atoms with van der Waals surface area (Å²) in [4.78, 5) is 3.04. The molecule has 0 aliphatic carbocycles. The predicted molar refractivity (Wildman–Crippen MR) is 59.8 cm³/mol. The Balaban J connectivity index is 2.54. The summed E-state index contributed by atoms with van der Waals surface area (Å²) in [5, 5.41) is 5.37. The quantitative estimate of drug-likeness (QED) is 0.811. The Kier molecular flexibility index (Phi) is 2.28. The molecule has 0 saturated carbocycles. The van der Waals surface area contributed by atoms with E-state index in [1.807, 2.05) is 30.3 Å². The van der Waals surface area contributed by atoms with E-state index in [0.717, 1.165) is 10.9 Å². The lowest BCUT2D eigenvalue weighted by atomic mass is 10.2. The zero-order valence-electron chi connectivity index (χ0n) is 8.27. The van der Waals surface area contributed by atoms with E-state index in [2.05, 4.69) is 4.98 Å². The van der Waals surface area contributed by atoms with Crippen molar-refractivity contribution in [3.8, 4) is 0 Å². The second-order valence-corrected chi connectivity index (χ2v) is 5.43.